The molecule has 1 amide bonds. The van der Waals surface area contributed by atoms with Crippen molar-refractivity contribution in [2.45, 2.75) is 12.8 Å². The van der Waals surface area contributed by atoms with Gasteiger partial charge in [0, 0.05) is 43.3 Å². The van der Waals surface area contributed by atoms with Gasteiger partial charge in [0.2, 0.25) is 0 Å². The van der Waals surface area contributed by atoms with Crippen LogP contribution in [0.25, 0.3) is 10.6 Å². The molecule has 0 radical (unpaired) electrons. The minimum atomic E-state index is -0.194. The zero-order valence-electron chi connectivity index (χ0n) is 16.6. The average Bonchev–Trinajstić information content (AvgIpc) is 3.56. The van der Waals surface area contributed by atoms with E-state index < -0.39 is 0 Å². The SMILES string of the molecule is O=C(Nc1cccc(N2CCOCC2)c1N1CCCC1)c1csc(-c2cn[nH]c2)n1. The van der Waals surface area contributed by atoms with Crippen LogP contribution in [0.3, 0.4) is 0 Å². The number of amides is 1. The number of nitrogens with one attached hydrogen (secondary N) is 2. The molecule has 5 rings (SSSR count). The van der Waals surface area contributed by atoms with Crippen LogP contribution >= 0.6 is 11.3 Å². The van der Waals surface area contributed by atoms with Gasteiger partial charge in [-0.15, -0.1) is 11.3 Å². The Morgan fingerprint density at radius 2 is 1.97 bits per heavy atom. The number of thiazole rings is 1. The fourth-order valence-corrected chi connectivity index (χ4v) is 4.81. The van der Waals surface area contributed by atoms with Crippen LogP contribution in [-0.2, 0) is 4.74 Å². The fraction of sp³-hybridized carbons (Fsp3) is 0.381. The lowest BCUT2D eigenvalue weighted by molar-refractivity contribution is 0.102. The Morgan fingerprint density at radius 1 is 1.13 bits per heavy atom. The quantitative estimate of drug-likeness (QED) is 0.654. The van der Waals surface area contributed by atoms with E-state index in [-0.39, 0.29) is 5.91 Å². The van der Waals surface area contributed by atoms with Gasteiger partial charge in [0.1, 0.15) is 10.7 Å². The minimum Gasteiger partial charge on any atom is -0.378 e. The van der Waals surface area contributed by atoms with Crippen molar-refractivity contribution in [1.82, 2.24) is 15.2 Å². The van der Waals surface area contributed by atoms with Gasteiger partial charge in [0.15, 0.2) is 0 Å². The third-order valence-corrected chi connectivity index (χ3v) is 6.41. The molecule has 4 heterocycles. The van der Waals surface area contributed by atoms with E-state index in [4.69, 9.17) is 4.74 Å². The molecule has 0 bridgehead atoms. The van der Waals surface area contributed by atoms with Crippen molar-refractivity contribution in [3.8, 4) is 10.6 Å². The molecular formula is C21H24N6O2S. The van der Waals surface area contributed by atoms with Crippen molar-refractivity contribution in [1.29, 1.82) is 0 Å². The maximum Gasteiger partial charge on any atom is 0.275 e. The molecule has 0 saturated carbocycles. The van der Waals surface area contributed by atoms with Crippen LogP contribution in [0.1, 0.15) is 23.3 Å². The topological polar surface area (TPSA) is 86.4 Å². The van der Waals surface area contributed by atoms with Crippen LogP contribution in [0.4, 0.5) is 17.1 Å². The first kappa shape index (κ1) is 19.1. The third-order valence-electron chi connectivity index (χ3n) is 5.52. The number of H-pyrrole nitrogens is 1. The summed E-state index contributed by atoms with van der Waals surface area (Å²) in [7, 11) is 0. The lowest BCUT2D eigenvalue weighted by Gasteiger charge is -2.34. The van der Waals surface area contributed by atoms with E-state index >= 15 is 0 Å². The minimum absolute atomic E-state index is 0.194. The highest BCUT2D eigenvalue weighted by Gasteiger charge is 2.25. The predicted molar refractivity (Wildman–Crippen MR) is 119 cm³/mol. The maximum atomic E-state index is 13.0. The number of ether oxygens (including phenoxy) is 1. The second-order valence-corrected chi connectivity index (χ2v) is 8.30. The molecule has 0 spiro atoms. The van der Waals surface area contributed by atoms with Gasteiger partial charge in [-0.3, -0.25) is 9.89 Å². The Labute approximate surface area is 178 Å². The van der Waals surface area contributed by atoms with Crippen molar-refractivity contribution in [2.24, 2.45) is 0 Å². The van der Waals surface area contributed by atoms with Crippen LogP contribution in [0.2, 0.25) is 0 Å². The molecule has 2 aromatic heterocycles. The molecule has 0 atom stereocenters. The van der Waals surface area contributed by atoms with Gasteiger partial charge < -0.3 is 19.9 Å². The van der Waals surface area contributed by atoms with E-state index in [1.807, 2.05) is 12.1 Å². The second-order valence-electron chi connectivity index (χ2n) is 7.45. The number of hydrogen-bond acceptors (Lipinski definition) is 7. The van der Waals surface area contributed by atoms with Crippen LogP contribution in [0, 0.1) is 0 Å². The van der Waals surface area contributed by atoms with Crippen LogP contribution < -0.4 is 15.1 Å². The van der Waals surface area contributed by atoms with Crippen molar-refractivity contribution < 1.29 is 9.53 Å². The molecular weight excluding hydrogens is 400 g/mol. The van der Waals surface area contributed by atoms with E-state index in [2.05, 4.69) is 36.4 Å². The molecule has 2 fully saturated rings. The number of rotatable bonds is 5. The van der Waals surface area contributed by atoms with Crippen molar-refractivity contribution >= 4 is 34.3 Å². The molecule has 1 aromatic carbocycles. The molecule has 30 heavy (non-hydrogen) atoms. The number of hydrogen-bond donors (Lipinski definition) is 2. The number of morpholine rings is 1. The number of benzene rings is 1. The van der Waals surface area contributed by atoms with Gasteiger partial charge in [-0.1, -0.05) is 6.07 Å². The highest BCUT2D eigenvalue weighted by Crippen LogP contribution is 2.39. The number of carbonyl (C=O) groups excluding carboxylic acids is 1. The Balaban J connectivity index is 1.44. The number of carbonyl (C=O) groups is 1. The first-order valence-electron chi connectivity index (χ1n) is 10.3. The molecule has 3 aromatic rings. The van der Waals surface area contributed by atoms with Gasteiger partial charge in [0.05, 0.1) is 36.5 Å². The highest BCUT2D eigenvalue weighted by molar-refractivity contribution is 7.13. The lowest BCUT2D eigenvalue weighted by Crippen LogP contribution is -2.37. The molecule has 2 N–H and O–H groups in total. The summed E-state index contributed by atoms with van der Waals surface area (Å²) in [5.41, 5.74) is 4.40. The van der Waals surface area contributed by atoms with E-state index in [0.29, 0.717) is 5.69 Å². The molecule has 9 heteroatoms. The summed E-state index contributed by atoms with van der Waals surface area (Å²) in [6.45, 7) is 5.19. The van der Waals surface area contributed by atoms with E-state index in [1.165, 1.54) is 24.2 Å². The standard InChI is InChI=1S/C21H24N6O2S/c28-20(17-14-30-21(25-17)15-12-22-23-13-15)24-16-4-3-5-18(26-8-10-29-11-9-26)19(16)27-6-1-2-7-27/h3-5,12-14H,1-2,6-11H2,(H,22,23)(H,24,28). The molecule has 0 unspecified atom stereocenters. The second kappa shape index (κ2) is 8.45. The van der Waals surface area contributed by atoms with Gasteiger partial charge >= 0.3 is 0 Å². The van der Waals surface area contributed by atoms with E-state index in [9.17, 15) is 4.79 Å². The number of anilines is 3. The van der Waals surface area contributed by atoms with Crippen molar-refractivity contribution in [2.75, 3.05) is 54.5 Å². The van der Waals surface area contributed by atoms with Gasteiger partial charge in [-0.2, -0.15) is 5.10 Å². The normalized spacial score (nSPS) is 16.8. The molecule has 2 saturated heterocycles. The summed E-state index contributed by atoms with van der Waals surface area (Å²) in [5.74, 6) is -0.194. The Bertz CT molecular complexity index is 1010. The highest BCUT2D eigenvalue weighted by atomic mass is 32.1. The van der Waals surface area contributed by atoms with Crippen molar-refractivity contribution in [3.63, 3.8) is 0 Å². The smallest absolute Gasteiger partial charge is 0.275 e. The van der Waals surface area contributed by atoms with E-state index in [0.717, 1.165) is 67.0 Å². The molecule has 8 nitrogen and oxygen atoms in total. The number of aromatic nitrogens is 3. The summed E-state index contributed by atoms with van der Waals surface area (Å²) in [6, 6.07) is 6.14. The van der Waals surface area contributed by atoms with Crippen molar-refractivity contribution in [3.05, 3.63) is 41.7 Å². The third kappa shape index (κ3) is 3.78. The maximum absolute atomic E-state index is 13.0. The van der Waals surface area contributed by atoms with Gasteiger partial charge in [-0.05, 0) is 25.0 Å². The Morgan fingerprint density at radius 3 is 2.73 bits per heavy atom. The molecule has 156 valence electrons. The molecule has 0 aliphatic carbocycles. The monoisotopic (exact) mass is 424 g/mol. The first-order valence-corrected chi connectivity index (χ1v) is 11.1. The van der Waals surface area contributed by atoms with Crippen LogP contribution in [-0.4, -0.2) is 60.5 Å². The molecule has 2 aliphatic heterocycles. The molecule has 2 aliphatic rings. The average molecular weight is 425 g/mol. The lowest BCUT2D eigenvalue weighted by atomic mass is 10.1. The number of nitrogens with zero attached hydrogens (tertiary/aromatic N) is 4. The van der Waals surface area contributed by atoms with Gasteiger partial charge in [-0.25, -0.2) is 4.98 Å². The summed E-state index contributed by atoms with van der Waals surface area (Å²) in [4.78, 5) is 22.2. The zero-order chi connectivity index (χ0) is 20.3. The Hall–Kier alpha value is -2.91. The first-order chi connectivity index (χ1) is 14.8. The zero-order valence-corrected chi connectivity index (χ0v) is 17.5. The predicted octanol–water partition coefficient (Wildman–Crippen LogP) is 3.22. The largest absolute Gasteiger partial charge is 0.378 e. The van der Waals surface area contributed by atoms with E-state index in [1.54, 1.807) is 17.8 Å². The summed E-state index contributed by atoms with van der Waals surface area (Å²) in [6.07, 6.45) is 5.82. The summed E-state index contributed by atoms with van der Waals surface area (Å²) in [5, 5.41) is 12.4. The van der Waals surface area contributed by atoms with Crippen LogP contribution in [0.5, 0.6) is 0 Å². The fourth-order valence-electron chi connectivity index (χ4n) is 4.03. The Kier molecular flexibility index (Phi) is 5.37. The summed E-state index contributed by atoms with van der Waals surface area (Å²) >= 11 is 1.44. The van der Waals surface area contributed by atoms with Crippen LogP contribution in [0.15, 0.2) is 36.0 Å². The van der Waals surface area contributed by atoms with Gasteiger partial charge in [0.25, 0.3) is 5.91 Å². The number of aromatic amines is 1. The number of para-hydroxylation sites is 1. The summed E-state index contributed by atoms with van der Waals surface area (Å²) < 4.78 is 5.53.